The molecule has 23 heavy (non-hydrogen) atoms. The summed E-state index contributed by atoms with van der Waals surface area (Å²) >= 11 is 1.51. The average molecular weight is 329 g/mol. The monoisotopic (exact) mass is 329 g/mol. The third-order valence-electron chi connectivity index (χ3n) is 3.15. The van der Waals surface area contributed by atoms with E-state index in [-0.39, 0.29) is 5.91 Å². The fourth-order valence-corrected chi connectivity index (χ4v) is 2.54. The average Bonchev–Trinajstić information content (AvgIpc) is 3.26. The molecule has 3 rings (SSSR count). The van der Waals surface area contributed by atoms with Gasteiger partial charge in [0.1, 0.15) is 0 Å². The summed E-state index contributed by atoms with van der Waals surface area (Å²) in [7, 11) is 0. The Hall–Kier alpha value is -2.61. The van der Waals surface area contributed by atoms with Crippen molar-refractivity contribution in [2.75, 3.05) is 0 Å². The summed E-state index contributed by atoms with van der Waals surface area (Å²) in [6.45, 7) is 0.467. The van der Waals surface area contributed by atoms with Crippen molar-refractivity contribution >= 4 is 17.2 Å². The van der Waals surface area contributed by atoms with Gasteiger partial charge in [-0.3, -0.25) is 9.78 Å². The highest BCUT2D eigenvalue weighted by atomic mass is 32.1. The number of thiazole rings is 1. The summed E-state index contributed by atoms with van der Waals surface area (Å²) < 4.78 is 5.20. The first-order chi connectivity index (χ1) is 11.3. The predicted octanol–water partition coefficient (Wildman–Crippen LogP) is 2.23. The maximum absolute atomic E-state index is 11.7. The van der Waals surface area contributed by atoms with Crippen LogP contribution < -0.4 is 5.32 Å². The largest absolute Gasteiger partial charge is 0.350 e. The fraction of sp³-hybridized carbons (Fsp3) is 0.267. The van der Waals surface area contributed by atoms with E-state index in [1.54, 1.807) is 17.9 Å². The van der Waals surface area contributed by atoms with Crippen LogP contribution in [0, 0.1) is 0 Å². The van der Waals surface area contributed by atoms with Crippen molar-refractivity contribution in [2.24, 2.45) is 0 Å². The lowest BCUT2D eigenvalue weighted by Gasteiger charge is -2.01. The number of carbonyl (C=O) groups is 1. The zero-order chi connectivity index (χ0) is 15.9. The normalized spacial score (nSPS) is 10.6. The van der Waals surface area contributed by atoms with E-state index in [0.29, 0.717) is 37.5 Å². The first-order valence-corrected chi connectivity index (χ1v) is 8.12. The van der Waals surface area contributed by atoms with Crippen molar-refractivity contribution in [1.82, 2.24) is 25.4 Å². The first-order valence-electron chi connectivity index (χ1n) is 7.18. The van der Waals surface area contributed by atoms with Crippen LogP contribution in [0.3, 0.4) is 0 Å². The molecule has 0 aromatic carbocycles. The van der Waals surface area contributed by atoms with Gasteiger partial charge in [0.25, 0.3) is 0 Å². The van der Waals surface area contributed by atoms with Gasteiger partial charge in [-0.2, -0.15) is 4.98 Å². The van der Waals surface area contributed by atoms with Gasteiger partial charge in [0, 0.05) is 36.2 Å². The van der Waals surface area contributed by atoms with E-state index in [2.05, 4.69) is 25.4 Å². The molecular formula is C15H15N5O2S. The minimum absolute atomic E-state index is 0.00753. The van der Waals surface area contributed by atoms with Crippen LogP contribution in [0.2, 0.25) is 0 Å². The number of amides is 1. The van der Waals surface area contributed by atoms with E-state index in [1.165, 1.54) is 11.3 Å². The van der Waals surface area contributed by atoms with Crippen molar-refractivity contribution in [3.63, 3.8) is 0 Å². The number of hydrogen-bond acceptors (Lipinski definition) is 7. The summed E-state index contributed by atoms with van der Waals surface area (Å²) in [4.78, 5) is 24.1. The lowest BCUT2D eigenvalue weighted by molar-refractivity contribution is -0.121. The van der Waals surface area contributed by atoms with E-state index in [9.17, 15) is 4.79 Å². The van der Waals surface area contributed by atoms with Gasteiger partial charge in [0.15, 0.2) is 0 Å². The summed E-state index contributed by atoms with van der Waals surface area (Å²) in [6.07, 6.45) is 5.00. The number of pyridine rings is 1. The maximum atomic E-state index is 11.7. The summed E-state index contributed by atoms with van der Waals surface area (Å²) in [6, 6.07) is 3.64. The number of nitrogens with one attached hydrogen (secondary N) is 1. The van der Waals surface area contributed by atoms with E-state index in [4.69, 9.17) is 4.52 Å². The van der Waals surface area contributed by atoms with E-state index in [1.807, 2.05) is 17.5 Å². The molecule has 118 valence electrons. The highest BCUT2D eigenvalue weighted by Gasteiger charge is 2.09. The molecule has 0 aliphatic heterocycles. The molecule has 3 aromatic heterocycles. The zero-order valence-corrected chi connectivity index (χ0v) is 13.1. The fourth-order valence-electron chi connectivity index (χ4n) is 1.98. The number of hydrogen-bond donors (Lipinski definition) is 1. The van der Waals surface area contributed by atoms with Crippen molar-refractivity contribution in [2.45, 2.75) is 25.8 Å². The van der Waals surface area contributed by atoms with Gasteiger partial charge in [0.2, 0.25) is 17.6 Å². The van der Waals surface area contributed by atoms with Crippen LogP contribution in [-0.4, -0.2) is 26.0 Å². The molecule has 3 aromatic rings. The number of rotatable bonds is 7. The van der Waals surface area contributed by atoms with Gasteiger partial charge in [-0.05, 0) is 18.6 Å². The van der Waals surface area contributed by atoms with Crippen LogP contribution in [-0.2, 0) is 17.8 Å². The van der Waals surface area contributed by atoms with Gasteiger partial charge in [-0.1, -0.05) is 5.16 Å². The van der Waals surface area contributed by atoms with Crippen LogP contribution in [0.25, 0.3) is 11.4 Å². The zero-order valence-electron chi connectivity index (χ0n) is 12.3. The third-order valence-corrected chi connectivity index (χ3v) is 3.79. The number of aromatic nitrogens is 4. The van der Waals surface area contributed by atoms with Crippen LogP contribution in [0.4, 0.5) is 0 Å². The number of nitrogens with zero attached hydrogens (tertiary/aromatic N) is 4. The molecule has 3 heterocycles. The SMILES string of the molecule is O=C(CCCc1nc(-c2ccncc2)no1)NCc1cscn1. The smallest absolute Gasteiger partial charge is 0.226 e. The standard InChI is InChI=1S/C15H15N5O2S/c21-13(17-8-12-9-23-10-18-12)2-1-3-14-19-15(20-22-14)11-4-6-16-7-5-11/h4-7,9-10H,1-3,8H2,(H,17,21). The molecule has 0 unspecified atom stereocenters. The molecule has 0 aliphatic rings. The Kier molecular flexibility index (Phi) is 5.05. The van der Waals surface area contributed by atoms with Crippen molar-refractivity contribution < 1.29 is 9.32 Å². The van der Waals surface area contributed by atoms with Crippen LogP contribution in [0.5, 0.6) is 0 Å². The first kappa shape index (κ1) is 15.3. The molecule has 0 radical (unpaired) electrons. The van der Waals surface area contributed by atoms with Crippen molar-refractivity contribution in [1.29, 1.82) is 0 Å². The van der Waals surface area contributed by atoms with Gasteiger partial charge in [0.05, 0.1) is 17.7 Å². The third kappa shape index (κ3) is 4.43. The van der Waals surface area contributed by atoms with Gasteiger partial charge < -0.3 is 9.84 Å². The predicted molar refractivity (Wildman–Crippen MR) is 84.4 cm³/mol. The molecule has 0 saturated carbocycles. The molecule has 0 fully saturated rings. The van der Waals surface area contributed by atoms with Crippen LogP contribution >= 0.6 is 11.3 Å². The molecule has 1 amide bonds. The summed E-state index contributed by atoms with van der Waals surface area (Å²) in [5.41, 5.74) is 3.48. The molecule has 7 nitrogen and oxygen atoms in total. The van der Waals surface area contributed by atoms with Crippen molar-refractivity contribution in [3.8, 4) is 11.4 Å². The van der Waals surface area contributed by atoms with Crippen LogP contribution in [0.15, 0.2) is 39.9 Å². The number of carbonyl (C=O) groups excluding carboxylic acids is 1. The molecule has 0 spiro atoms. The van der Waals surface area contributed by atoms with E-state index >= 15 is 0 Å². The highest BCUT2D eigenvalue weighted by Crippen LogP contribution is 2.14. The Morgan fingerprint density at radius 3 is 2.96 bits per heavy atom. The molecule has 0 aliphatic carbocycles. The van der Waals surface area contributed by atoms with Crippen molar-refractivity contribution in [3.05, 3.63) is 47.0 Å². The Labute approximate surface area is 136 Å². The second-order valence-corrected chi connectivity index (χ2v) is 5.58. The highest BCUT2D eigenvalue weighted by molar-refractivity contribution is 7.07. The lowest BCUT2D eigenvalue weighted by atomic mass is 10.2. The quantitative estimate of drug-likeness (QED) is 0.714. The Bertz CT molecular complexity index is 742. The van der Waals surface area contributed by atoms with Crippen LogP contribution in [0.1, 0.15) is 24.4 Å². The Morgan fingerprint density at radius 2 is 2.17 bits per heavy atom. The second-order valence-electron chi connectivity index (χ2n) is 4.86. The topological polar surface area (TPSA) is 93.8 Å². The van der Waals surface area contributed by atoms with Gasteiger partial charge >= 0.3 is 0 Å². The summed E-state index contributed by atoms with van der Waals surface area (Å²) in [5, 5.41) is 8.68. The summed E-state index contributed by atoms with van der Waals surface area (Å²) in [5.74, 6) is 1.06. The molecule has 0 bridgehead atoms. The minimum Gasteiger partial charge on any atom is -0.350 e. The molecular weight excluding hydrogens is 314 g/mol. The van der Waals surface area contributed by atoms with Gasteiger partial charge in [-0.25, -0.2) is 4.98 Å². The van der Waals surface area contributed by atoms with E-state index in [0.717, 1.165) is 11.3 Å². The lowest BCUT2D eigenvalue weighted by Crippen LogP contribution is -2.22. The molecule has 1 N–H and O–H groups in total. The maximum Gasteiger partial charge on any atom is 0.226 e. The second kappa shape index (κ2) is 7.59. The minimum atomic E-state index is -0.00753. The molecule has 0 atom stereocenters. The Balaban J connectivity index is 1.42. The van der Waals surface area contributed by atoms with Gasteiger partial charge in [-0.15, -0.1) is 11.3 Å². The van der Waals surface area contributed by atoms with E-state index < -0.39 is 0 Å². The number of aryl methyl sites for hydroxylation is 1. The molecule has 0 saturated heterocycles. The molecule has 8 heteroatoms. The Morgan fingerprint density at radius 1 is 1.30 bits per heavy atom.